The Bertz CT molecular complexity index is 1250. The average molecular weight is 408 g/mol. The Labute approximate surface area is 170 Å². The number of hydrogen-bond donors (Lipinski definition) is 1. The van der Waals surface area contributed by atoms with Crippen LogP contribution in [-0.4, -0.2) is 21.2 Å². The van der Waals surface area contributed by atoms with E-state index in [1.807, 2.05) is 24.3 Å². The van der Waals surface area contributed by atoms with Crippen LogP contribution in [0.1, 0.15) is 11.1 Å². The number of aromatic nitrogens is 1. The summed E-state index contributed by atoms with van der Waals surface area (Å²) in [5, 5.41) is 21.7. The maximum absolute atomic E-state index is 11.1. The van der Waals surface area contributed by atoms with Crippen LogP contribution < -0.4 is 0 Å². The second-order valence-corrected chi connectivity index (χ2v) is 6.80. The van der Waals surface area contributed by atoms with Gasteiger partial charge in [-0.2, -0.15) is 0 Å². The third kappa shape index (κ3) is 3.68. The van der Waals surface area contributed by atoms with Crippen molar-refractivity contribution < 1.29 is 14.4 Å². The first-order valence-corrected chi connectivity index (χ1v) is 8.98. The number of halogens is 1. The molecule has 1 heterocycles. The fraction of sp³-hybridized carbons (Fsp3) is 0.0476. The van der Waals surface area contributed by atoms with Crippen molar-refractivity contribution in [1.82, 2.24) is 4.98 Å². The molecule has 3 aromatic carbocycles. The molecule has 0 aliphatic rings. The zero-order valence-electron chi connectivity index (χ0n) is 15.2. The topological polar surface area (TPSA) is 102 Å². The van der Waals surface area contributed by atoms with E-state index < -0.39 is 10.7 Å². The largest absolute Gasteiger partial charge is 0.502 e. The summed E-state index contributed by atoms with van der Waals surface area (Å²) in [5.41, 5.74) is 2.96. The van der Waals surface area contributed by atoms with Crippen molar-refractivity contribution in [3.63, 3.8) is 0 Å². The molecule has 0 bridgehead atoms. The average Bonchev–Trinajstić information content (AvgIpc) is 3.13. The van der Waals surface area contributed by atoms with Gasteiger partial charge in [0.2, 0.25) is 11.6 Å². The minimum Gasteiger partial charge on any atom is -0.502 e. The van der Waals surface area contributed by atoms with Crippen LogP contribution in [-0.2, 0) is 0 Å². The lowest BCUT2D eigenvalue weighted by Gasteiger charge is -2.03. The third-order valence-electron chi connectivity index (χ3n) is 4.29. The predicted octanol–water partition coefficient (Wildman–Crippen LogP) is 5.82. The number of benzene rings is 3. The van der Waals surface area contributed by atoms with Gasteiger partial charge in [0, 0.05) is 17.8 Å². The maximum Gasteiger partial charge on any atom is 0.311 e. The molecule has 0 amide bonds. The molecule has 4 aromatic rings. The molecule has 8 heteroatoms. The Balaban J connectivity index is 1.72. The molecule has 4 rings (SSSR count). The summed E-state index contributed by atoms with van der Waals surface area (Å²) in [4.78, 5) is 19.2. The van der Waals surface area contributed by atoms with Crippen molar-refractivity contribution in [3.8, 4) is 17.2 Å². The number of aryl methyl sites for hydroxylation is 1. The number of nitro benzene ring substituents is 1. The van der Waals surface area contributed by atoms with Crippen LogP contribution in [0.5, 0.6) is 5.75 Å². The highest BCUT2D eigenvalue weighted by Crippen LogP contribution is 2.34. The van der Waals surface area contributed by atoms with E-state index in [-0.39, 0.29) is 11.3 Å². The van der Waals surface area contributed by atoms with E-state index in [0.717, 1.165) is 0 Å². The van der Waals surface area contributed by atoms with E-state index >= 15 is 0 Å². The molecular weight excluding hydrogens is 394 g/mol. The second-order valence-electron chi connectivity index (χ2n) is 6.39. The summed E-state index contributed by atoms with van der Waals surface area (Å²) in [6, 6.07) is 15.3. The first kappa shape index (κ1) is 18.6. The quantitative estimate of drug-likeness (QED) is 0.261. The van der Waals surface area contributed by atoms with Crippen LogP contribution in [0.3, 0.4) is 0 Å². The molecule has 1 aromatic heterocycles. The number of phenolic OH excluding ortho intramolecular Hbond substituents is 1. The van der Waals surface area contributed by atoms with Crippen molar-refractivity contribution in [2.45, 2.75) is 6.92 Å². The standard InChI is InChI=1S/C21H14ClN3O4/c1-12-8-13(20(26)18(9-12)25(27)28)11-23-14-6-7-16(22)15(10-14)21-24-17-4-2-3-5-19(17)29-21/h2-11,26H,1H3. The molecule has 0 atom stereocenters. The molecule has 0 spiro atoms. The Morgan fingerprint density at radius 1 is 1.21 bits per heavy atom. The molecule has 0 aliphatic carbocycles. The van der Waals surface area contributed by atoms with Crippen LogP contribution in [0.15, 0.2) is 64.0 Å². The lowest BCUT2D eigenvalue weighted by molar-refractivity contribution is -0.385. The van der Waals surface area contributed by atoms with Gasteiger partial charge in [-0.05, 0) is 48.9 Å². The van der Waals surface area contributed by atoms with Gasteiger partial charge in [-0.1, -0.05) is 23.7 Å². The highest BCUT2D eigenvalue weighted by atomic mass is 35.5. The van der Waals surface area contributed by atoms with Gasteiger partial charge < -0.3 is 9.52 Å². The van der Waals surface area contributed by atoms with Crippen LogP contribution in [0.4, 0.5) is 11.4 Å². The molecule has 0 saturated carbocycles. The van der Waals surface area contributed by atoms with Crippen LogP contribution >= 0.6 is 11.6 Å². The lowest BCUT2D eigenvalue weighted by Crippen LogP contribution is -1.93. The number of para-hydroxylation sites is 2. The molecule has 29 heavy (non-hydrogen) atoms. The molecule has 0 unspecified atom stereocenters. The van der Waals surface area contributed by atoms with E-state index in [4.69, 9.17) is 16.0 Å². The van der Waals surface area contributed by atoms with Crippen molar-refractivity contribution in [2.75, 3.05) is 0 Å². The zero-order chi connectivity index (χ0) is 20.5. The Morgan fingerprint density at radius 2 is 2.00 bits per heavy atom. The summed E-state index contributed by atoms with van der Waals surface area (Å²) >= 11 is 6.31. The number of oxazole rings is 1. The third-order valence-corrected chi connectivity index (χ3v) is 4.62. The zero-order valence-corrected chi connectivity index (χ0v) is 15.9. The van der Waals surface area contributed by atoms with E-state index in [9.17, 15) is 15.2 Å². The van der Waals surface area contributed by atoms with Crippen molar-refractivity contribution in [3.05, 3.63) is 80.9 Å². The van der Waals surface area contributed by atoms with E-state index in [1.165, 1.54) is 12.3 Å². The van der Waals surface area contributed by atoms with Gasteiger partial charge in [-0.25, -0.2) is 4.98 Å². The van der Waals surface area contributed by atoms with Gasteiger partial charge >= 0.3 is 5.69 Å². The highest BCUT2D eigenvalue weighted by Gasteiger charge is 2.17. The molecule has 0 fully saturated rings. The van der Waals surface area contributed by atoms with Crippen molar-refractivity contribution in [1.29, 1.82) is 0 Å². The molecule has 7 nitrogen and oxygen atoms in total. The summed E-state index contributed by atoms with van der Waals surface area (Å²) in [5.74, 6) is -0.0696. The summed E-state index contributed by atoms with van der Waals surface area (Å²) in [6.45, 7) is 1.71. The number of aromatic hydroxyl groups is 1. The highest BCUT2D eigenvalue weighted by molar-refractivity contribution is 6.33. The van der Waals surface area contributed by atoms with E-state index in [0.29, 0.717) is 38.8 Å². The van der Waals surface area contributed by atoms with Crippen molar-refractivity contribution >= 4 is 40.3 Å². The number of fused-ring (bicyclic) bond motifs is 1. The number of nitro groups is 1. The number of phenols is 1. The normalized spacial score (nSPS) is 11.4. The van der Waals surface area contributed by atoms with E-state index in [1.54, 1.807) is 31.2 Å². The lowest BCUT2D eigenvalue weighted by atomic mass is 10.1. The second kappa shape index (κ2) is 7.37. The van der Waals surface area contributed by atoms with Crippen LogP contribution in [0.2, 0.25) is 5.02 Å². The monoisotopic (exact) mass is 407 g/mol. The smallest absolute Gasteiger partial charge is 0.311 e. The van der Waals surface area contributed by atoms with E-state index in [2.05, 4.69) is 9.98 Å². The predicted molar refractivity (Wildman–Crippen MR) is 111 cm³/mol. The molecule has 0 saturated heterocycles. The number of rotatable bonds is 4. The van der Waals surface area contributed by atoms with Gasteiger partial charge in [0.25, 0.3) is 0 Å². The van der Waals surface area contributed by atoms with Gasteiger partial charge in [0.1, 0.15) is 5.52 Å². The molecule has 144 valence electrons. The minimum atomic E-state index is -0.632. The summed E-state index contributed by atoms with van der Waals surface area (Å²) in [6.07, 6.45) is 1.37. The Hall–Kier alpha value is -3.71. The minimum absolute atomic E-state index is 0.245. The molecule has 0 radical (unpaired) electrons. The number of aliphatic imine (C=N–C) groups is 1. The van der Waals surface area contributed by atoms with Gasteiger partial charge in [-0.3, -0.25) is 15.1 Å². The molecule has 0 aliphatic heterocycles. The summed E-state index contributed by atoms with van der Waals surface area (Å²) in [7, 11) is 0. The van der Waals surface area contributed by atoms with Crippen molar-refractivity contribution in [2.24, 2.45) is 4.99 Å². The fourth-order valence-corrected chi connectivity index (χ4v) is 3.11. The summed E-state index contributed by atoms with van der Waals surface area (Å²) < 4.78 is 5.77. The SMILES string of the molecule is Cc1cc(C=Nc2ccc(Cl)c(-c3nc4ccccc4o3)c2)c(O)c([N+](=O)[O-])c1. The number of hydrogen-bond acceptors (Lipinski definition) is 6. The Morgan fingerprint density at radius 3 is 2.76 bits per heavy atom. The first-order chi connectivity index (χ1) is 13.9. The van der Waals surface area contributed by atoms with Gasteiger partial charge in [0.05, 0.1) is 21.2 Å². The van der Waals surface area contributed by atoms with Gasteiger partial charge in [0.15, 0.2) is 5.58 Å². The maximum atomic E-state index is 11.1. The first-order valence-electron chi connectivity index (χ1n) is 8.60. The van der Waals surface area contributed by atoms with Crippen LogP contribution in [0.25, 0.3) is 22.6 Å². The Kier molecular flexibility index (Phi) is 4.74. The van der Waals surface area contributed by atoms with Gasteiger partial charge in [-0.15, -0.1) is 0 Å². The number of nitrogens with zero attached hydrogens (tertiary/aromatic N) is 3. The molecule has 1 N–H and O–H groups in total. The molecular formula is C21H14ClN3O4. The fourth-order valence-electron chi connectivity index (χ4n) is 2.91. The van der Waals surface area contributed by atoms with Crippen LogP contribution in [0, 0.1) is 17.0 Å².